The van der Waals surface area contributed by atoms with Crippen molar-refractivity contribution >= 4 is 22.2 Å². The monoisotopic (exact) mass is 312 g/mol. The van der Waals surface area contributed by atoms with Crippen molar-refractivity contribution in [1.82, 2.24) is 0 Å². The van der Waals surface area contributed by atoms with E-state index in [1.807, 2.05) is 12.1 Å². The third kappa shape index (κ3) is 5.21. The number of hydrogen-bond acceptors (Lipinski definition) is 2. The Kier molecular flexibility index (Phi) is 7.02. The van der Waals surface area contributed by atoms with Crippen LogP contribution >= 0.6 is 15.9 Å². The van der Waals surface area contributed by atoms with E-state index < -0.39 is 0 Å². The van der Waals surface area contributed by atoms with Crippen LogP contribution in [0, 0.1) is 0 Å². The molecule has 1 unspecified atom stereocenters. The number of aldehydes is 1. The van der Waals surface area contributed by atoms with Crippen LogP contribution in [0.15, 0.2) is 22.7 Å². The average molecular weight is 313 g/mol. The fraction of sp³-hybridized carbons (Fsp3) is 0.533. The Balaban J connectivity index is 2.48. The Morgan fingerprint density at radius 2 is 2.11 bits per heavy atom. The number of benzene rings is 1. The minimum Gasteiger partial charge on any atom is -0.490 e. The summed E-state index contributed by atoms with van der Waals surface area (Å²) in [5, 5.41) is 0. The molecule has 0 saturated heterocycles. The standard InChI is InChI=1S/C15H21BrO2/c1-3-4-5-6-7-12(2)18-15-9-8-14(16)10-13(15)11-17/h8-12H,3-7H2,1-2H3. The van der Waals surface area contributed by atoms with Gasteiger partial charge in [0, 0.05) is 4.47 Å². The molecule has 1 aromatic carbocycles. The lowest BCUT2D eigenvalue weighted by molar-refractivity contribution is 0.111. The van der Waals surface area contributed by atoms with E-state index in [2.05, 4.69) is 29.8 Å². The maximum Gasteiger partial charge on any atom is 0.153 e. The van der Waals surface area contributed by atoms with Crippen molar-refractivity contribution in [2.24, 2.45) is 0 Å². The third-order valence-corrected chi connectivity index (χ3v) is 3.38. The molecule has 0 N–H and O–H groups in total. The van der Waals surface area contributed by atoms with Crippen molar-refractivity contribution in [2.45, 2.75) is 52.1 Å². The molecule has 0 fully saturated rings. The van der Waals surface area contributed by atoms with Crippen molar-refractivity contribution in [3.8, 4) is 5.75 Å². The minimum atomic E-state index is 0.154. The van der Waals surface area contributed by atoms with Crippen LogP contribution in [0.5, 0.6) is 5.75 Å². The van der Waals surface area contributed by atoms with Gasteiger partial charge in [0.2, 0.25) is 0 Å². The zero-order valence-corrected chi connectivity index (χ0v) is 12.7. The van der Waals surface area contributed by atoms with Gasteiger partial charge in [-0.1, -0.05) is 42.1 Å². The number of carbonyl (C=O) groups is 1. The number of halogens is 1. The summed E-state index contributed by atoms with van der Waals surface area (Å²) in [4.78, 5) is 11.0. The first kappa shape index (κ1) is 15.2. The van der Waals surface area contributed by atoms with Gasteiger partial charge >= 0.3 is 0 Å². The molecule has 0 heterocycles. The first-order valence-electron chi connectivity index (χ1n) is 6.58. The highest BCUT2D eigenvalue weighted by molar-refractivity contribution is 9.10. The van der Waals surface area contributed by atoms with Crippen LogP contribution in [0.3, 0.4) is 0 Å². The molecule has 0 aliphatic heterocycles. The molecule has 0 aliphatic carbocycles. The first-order valence-corrected chi connectivity index (χ1v) is 7.38. The van der Waals surface area contributed by atoms with Gasteiger partial charge in [0.1, 0.15) is 5.75 Å². The Bertz CT molecular complexity index is 377. The summed E-state index contributed by atoms with van der Waals surface area (Å²) in [5.74, 6) is 0.677. The van der Waals surface area contributed by atoms with Crippen LogP contribution in [0.1, 0.15) is 56.3 Å². The number of hydrogen-bond donors (Lipinski definition) is 0. The Morgan fingerprint density at radius 1 is 1.33 bits per heavy atom. The lowest BCUT2D eigenvalue weighted by Gasteiger charge is -2.16. The second kappa shape index (κ2) is 8.30. The highest BCUT2D eigenvalue weighted by Gasteiger charge is 2.08. The smallest absolute Gasteiger partial charge is 0.153 e. The summed E-state index contributed by atoms with van der Waals surface area (Å²) in [7, 11) is 0. The average Bonchev–Trinajstić information content (AvgIpc) is 2.37. The van der Waals surface area contributed by atoms with Crippen LogP contribution in [0.25, 0.3) is 0 Å². The van der Waals surface area contributed by atoms with Gasteiger partial charge in [-0.15, -0.1) is 0 Å². The highest BCUT2D eigenvalue weighted by Crippen LogP contribution is 2.23. The summed E-state index contributed by atoms with van der Waals surface area (Å²) in [6.07, 6.45) is 6.99. The van der Waals surface area contributed by atoms with Gasteiger partial charge in [-0.25, -0.2) is 0 Å². The van der Waals surface area contributed by atoms with Crippen LogP contribution in [0.4, 0.5) is 0 Å². The van der Waals surface area contributed by atoms with E-state index in [0.717, 1.165) is 17.2 Å². The molecule has 3 heteroatoms. The molecule has 0 aromatic heterocycles. The fourth-order valence-electron chi connectivity index (χ4n) is 1.85. The molecule has 1 atom stereocenters. The number of carbonyl (C=O) groups excluding carboxylic acids is 1. The summed E-state index contributed by atoms with van der Waals surface area (Å²) >= 11 is 3.35. The van der Waals surface area contributed by atoms with Crippen LogP contribution < -0.4 is 4.74 Å². The zero-order chi connectivity index (χ0) is 13.4. The van der Waals surface area contributed by atoms with Crippen molar-refractivity contribution < 1.29 is 9.53 Å². The van der Waals surface area contributed by atoms with E-state index in [9.17, 15) is 4.79 Å². The Hall–Kier alpha value is -0.830. The SMILES string of the molecule is CCCCCCC(C)Oc1ccc(Br)cc1C=O. The lowest BCUT2D eigenvalue weighted by atomic mass is 10.1. The van der Waals surface area contributed by atoms with E-state index in [4.69, 9.17) is 4.74 Å². The molecule has 0 amide bonds. The normalized spacial score (nSPS) is 12.2. The maximum atomic E-state index is 11.0. The summed E-state index contributed by atoms with van der Waals surface area (Å²) in [6.45, 7) is 4.26. The molecule has 100 valence electrons. The highest BCUT2D eigenvalue weighted by atomic mass is 79.9. The number of unbranched alkanes of at least 4 members (excludes halogenated alkanes) is 3. The molecule has 0 saturated carbocycles. The molecule has 0 radical (unpaired) electrons. The van der Waals surface area contributed by atoms with Crippen molar-refractivity contribution in [3.05, 3.63) is 28.2 Å². The van der Waals surface area contributed by atoms with Gasteiger partial charge in [0.05, 0.1) is 11.7 Å². The molecule has 1 aromatic rings. The van der Waals surface area contributed by atoms with Crippen molar-refractivity contribution in [1.29, 1.82) is 0 Å². The van der Waals surface area contributed by atoms with Crippen LogP contribution in [-0.4, -0.2) is 12.4 Å². The van der Waals surface area contributed by atoms with Gasteiger partial charge < -0.3 is 4.74 Å². The van der Waals surface area contributed by atoms with E-state index in [1.165, 1.54) is 25.7 Å². The van der Waals surface area contributed by atoms with Gasteiger partial charge in [-0.2, -0.15) is 0 Å². The molecule has 18 heavy (non-hydrogen) atoms. The number of ether oxygens (including phenoxy) is 1. The van der Waals surface area contributed by atoms with Crippen molar-refractivity contribution in [2.75, 3.05) is 0 Å². The number of rotatable bonds is 8. The first-order chi connectivity index (χ1) is 8.67. The van der Waals surface area contributed by atoms with Gasteiger partial charge in [-0.05, 0) is 38.0 Å². The Labute approximate surface area is 118 Å². The third-order valence-electron chi connectivity index (χ3n) is 2.89. The predicted octanol–water partition coefficient (Wildman–Crippen LogP) is 5.00. The predicted molar refractivity (Wildman–Crippen MR) is 78.4 cm³/mol. The summed E-state index contributed by atoms with van der Waals surface area (Å²) in [6, 6.07) is 5.52. The molecule has 2 nitrogen and oxygen atoms in total. The second-order valence-corrected chi connectivity index (χ2v) is 5.49. The van der Waals surface area contributed by atoms with E-state index in [0.29, 0.717) is 11.3 Å². The fourth-order valence-corrected chi connectivity index (χ4v) is 2.23. The zero-order valence-electron chi connectivity index (χ0n) is 11.1. The van der Waals surface area contributed by atoms with Crippen LogP contribution in [0.2, 0.25) is 0 Å². The second-order valence-electron chi connectivity index (χ2n) is 4.58. The Morgan fingerprint density at radius 3 is 2.78 bits per heavy atom. The molecular weight excluding hydrogens is 292 g/mol. The van der Waals surface area contributed by atoms with E-state index in [-0.39, 0.29) is 6.10 Å². The topological polar surface area (TPSA) is 26.3 Å². The largest absolute Gasteiger partial charge is 0.490 e. The van der Waals surface area contributed by atoms with E-state index in [1.54, 1.807) is 6.07 Å². The van der Waals surface area contributed by atoms with Gasteiger partial charge in [0.15, 0.2) is 6.29 Å². The quantitative estimate of drug-likeness (QED) is 0.499. The molecule has 0 spiro atoms. The van der Waals surface area contributed by atoms with Gasteiger partial charge in [0.25, 0.3) is 0 Å². The molecule has 1 rings (SSSR count). The van der Waals surface area contributed by atoms with Crippen molar-refractivity contribution in [3.63, 3.8) is 0 Å². The summed E-state index contributed by atoms with van der Waals surface area (Å²) in [5.41, 5.74) is 0.602. The summed E-state index contributed by atoms with van der Waals surface area (Å²) < 4.78 is 6.72. The minimum absolute atomic E-state index is 0.154. The lowest BCUT2D eigenvalue weighted by Crippen LogP contribution is -2.12. The van der Waals surface area contributed by atoms with Gasteiger partial charge in [-0.3, -0.25) is 4.79 Å². The molecular formula is C15H21BrO2. The maximum absolute atomic E-state index is 11.0. The van der Waals surface area contributed by atoms with Crippen LogP contribution in [-0.2, 0) is 0 Å². The van der Waals surface area contributed by atoms with E-state index >= 15 is 0 Å². The molecule has 0 bridgehead atoms. The molecule has 0 aliphatic rings.